The highest BCUT2D eigenvalue weighted by Gasteiger charge is 2.30. The molecule has 1 aromatic rings. The first-order chi connectivity index (χ1) is 12.2. The zero-order chi connectivity index (χ0) is 19.3. The molecule has 0 unspecified atom stereocenters. The van der Waals surface area contributed by atoms with Gasteiger partial charge in [0.15, 0.2) is 0 Å². The van der Waals surface area contributed by atoms with Crippen molar-refractivity contribution in [2.75, 3.05) is 32.8 Å². The number of hydrogen-bond acceptors (Lipinski definition) is 3. The maximum absolute atomic E-state index is 12.3. The molecule has 1 aliphatic rings. The van der Waals surface area contributed by atoms with Crippen LogP contribution in [0.3, 0.4) is 0 Å². The summed E-state index contributed by atoms with van der Waals surface area (Å²) in [6, 6.07) is 5.51. The lowest BCUT2D eigenvalue weighted by Gasteiger charge is -2.37. The molecule has 5 nitrogen and oxygen atoms in total. The van der Waals surface area contributed by atoms with E-state index in [2.05, 4.69) is 0 Å². The molecule has 1 heterocycles. The van der Waals surface area contributed by atoms with Gasteiger partial charge in [0.25, 0.3) is 0 Å². The topological polar surface area (TPSA) is 49.9 Å². The Morgan fingerprint density at radius 2 is 1.73 bits per heavy atom. The van der Waals surface area contributed by atoms with Crippen LogP contribution < -0.4 is 4.74 Å². The van der Waals surface area contributed by atoms with Gasteiger partial charge in [-0.3, -0.25) is 9.59 Å². The molecule has 0 saturated carbocycles. The van der Waals surface area contributed by atoms with Crippen LogP contribution in [0.4, 0.5) is 0 Å². The second-order valence-electron chi connectivity index (χ2n) is 7.78. The Morgan fingerprint density at radius 3 is 2.31 bits per heavy atom. The van der Waals surface area contributed by atoms with E-state index in [-0.39, 0.29) is 17.2 Å². The van der Waals surface area contributed by atoms with Crippen molar-refractivity contribution in [2.45, 2.75) is 40.5 Å². The van der Waals surface area contributed by atoms with E-state index in [0.29, 0.717) is 50.7 Å². The van der Waals surface area contributed by atoms with Gasteiger partial charge in [0.2, 0.25) is 11.8 Å². The fourth-order valence-electron chi connectivity index (χ4n) is 2.97. The number of carbonyl (C=O) groups is 2. The van der Waals surface area contributed by atoms with Crippen LogP contribution in [0.15, 0.2) is 18.2 Å². The molecule has 0 bridgehead atoms. The summed E-state index contributed by atoms with van der Waals surface area (Å²) in [5.74, 6) is 1.08. The number of amides is 2. The molecule has 2 amide bonds. The van der Waals surface area contributed by atoms with Crippen molar-refractivity contribution in [3.05, 3.63) is 28.8 Å². The van der Waals surface area contributed by atoms with E-state index in [1.807, 2.05) is 49.6 Å². The lowest BCUT2D eigenvalue weighted by molar-refractivity contribution is -0.145. The number of carbonyl (C=O) groups excluding carboxylic acids is 2. The number of ether oxygens (including phenoxy) is 1. The van der Waals surface area contributed by atoms with E-state index in [1.165, 1.54) is 0 Å². The summed E-state index contributed by atoms with van der Waals surface area (Å²) in [6.45, 7) is 10.7. The summed E-state index contributed by atoms with van der Waals surface area (Å²) in [5, 5.41) is 0.689. The third-order valence-corrected chi connectivity index (χ3v) is 4.73. The Morgan fingerprint density at radius 1 is 1.12 bits per heavy atom. The molecule has 6 heteroatoms. The first-order valence-electron chi connectivity index (χ1n) is 9.14. The van der Waals surface area contributed by atoms with E-state index in [0.717, 1.165) is 11.3 Å². The van der Waals surface area contributed by atoms with Crippen molar-refractivity contribution in [3.8, 4) is 5.75 Å². The number of benzene rings is 1. The van der Waals surface area contributed by atoms with Crippen LogP contribution in [-0.2, 0) is 9.59 Å². The molecule has 1 fully saturated rings. The molecule has 26 heavy (non-hydrogen) atoms. The van der Waals surface area contributed by atoms with Crippen LogP contribution >= 0.6 is 11.6 Å². The SMILES string of the molecule is Cc1cc(Cl)ccc1OCCCC(=O)N1CCN(C(=O)C(C)(C)C)CC1. The van der Waals surface area contributed by atoms with Crippen molar-refractivity contribution < 1.29 is 14.3 Å². The molecular formula is C20H29ClN2O3. The van der Waals surface area contributed by atoms with E-state index in [9.17, 15) is 9.59 Å². The predicted molar refractivity (Wildman–Crippen MR) is 104 cm³/mol. The quantitative estimate of drug-likeness (QED) is 0.734. The molecule has 1 aromatic carbocycles. The molecule has 2 rings (SSSR count). The lowest BCUT2D eigenvalue weighted by atomic mass is 9.94. The highest BCUT2D eigenvalue weighted by molar-refractivity contribution is 6.30. The number of aryl methyl sites for hydroxylation is 1. The molecule has 144 valence electrons. The molecule has 0 radical (unpaired) electrons. The number of rotatable bonds is 5. The van der Waals surface area contributed by atoms with Gasteiger partial charge < -0.3 is 14.5 Å². The smallest absolute Gasteiger partial charge is 0.228 e. The van der Waals surface area contributed by atoms with Crippen LogP contribution in [0.2, 0.25) is 5.02 Å². The largest absolute Gasteiger partial charge is 0.493 e. The van der Waals surface area contributed by atoms with Crippen LogP contribution in [0.1, 0.15) is 39.2 Å². The molecule has 1 aliphatic heterocycles. The maximum Gasteiger partial charge on any atom is 0.228 e. The van der Waals surface area contributed by atoms with E-state index < -0.39 is 0 Å². The molecular weight excluding hydrogens is 352 g/mol. The first kappa shape index (κ1) is 20.6. The predicted octanol–water partition coefficient (Wildman–Crippen LogP) is 3.52. The second-order valence-corrected chi connectivity index (χ2v) is 8.22. The zero-order valence-corrected chi connectivity index (χ0v) is 16.9. The Hall–Kier alpha value is -1.75. The number of halogens is 1. The van der Waals surface area contributed by atoms with Gasteiger partial charge in [-0.15, -0.1) is 0 Å². The summed E-state index contributed by atoms with van der Waals surface area (Å²) in [4.78, 5) is 28.3. The van der Waals surface area contributed by atoms with Gasteiger partial charge in [-0.05, 0) is 37.1 Å². The van der Waals surface area contributed by atoms with E-state index in [4.69, 9.17) is 16.3 Å². The van der Waals surface area contributed by atoms with Crippen LogP contribution in [0, 0.1) is 12.3 Å². The van der Waals surface area contributed by atoms with Gasteiger partial charge in [0, 0.05) is 43.0 Å². The Balaban J connectivity index is 1.70. The number of piperazine rings is 1. The van der Waals surface area contributed by atoms with Gasteiger partial charge in [-0.1, -0.05) is 32.4 Å². The van der Waals surface area contributed by atoms with Crippen molar-refractivity contribution in [1.29, 1.82) is 0 Å². The summed E-state index contributed by atoms with van der Waals surface area (Å²) in [7, 11) is 0. The average Bonchev–Trinajstić information content (AvgIpc) is 2.58. The standard InChI is InChI=1S/C20H29ClN2O3/c1-15-14-16(21)7-8-17(15)26-13-5-6-18(24)22-9-11-23(12-10-22)19(25)20(2,3)4/h7-8,14H,5-6,9-13H2,1-4H3. The second kappa shape index (κ2) is 8.76. The third kappa shape index (κ3) is 5.63. The summed E-state index contributed by atoms with van der Waals surface area (Å²) < 4.78 is 5.73. The fraction of sp³-hybridized carbons (Fsp3) is 0.600. The zero-order valence-electron chi connectivity index (χ0n) is 16.2. The first-order valence-corrected chi connectivity index (χ1v) is 9.52. The van der Waals surface area contributed by atoms with Crippen molar-refractivity contribution in [2.24, 2.45) is 5.41 Å². The molecule has 0 aliphatic carbocycles. The third-order valence-electron chi connectivity index (χ3n) is 4.49. The van der Waals surface area contributed by atoms with Crippen LogP contribution in [0.5, 0.6) is 5.75 Å². The fourth-order valence-corrected chi connectivity index (χ4v) is 3.20. The number of hydrogen-bond donors (Lipinski definition) is 0. The van der Waals surface area contributed by atoms with Gasteiger partial charge in [0.1, 0.15) is 5.75 Å². The monoisotopic (exact) mass is 380 g/mol. The maximum atomic E-state index is 12.3. The summed E-state index contributed by atoms with van der Waals surface area (Å²) >= 11 is 5.93. The average molecular weight is 381 g/mol. The van der Waals surface area contributed by atoms with Gasteiger partial charge in [0.05, 0.1) is 6.61 Å². The molecule has 0 spiro atoms. The van der Waals surface area contributed by atoms with Crippen molar-refractivity contribution >= 4 is 23.4 Å². The van der Waals surface area contributed by atoms with E-state index in [1.54, 1.807) is 6.07 Å². The van der Waals surface area contributed by atoms with E-state index >= 15 is 0 Å². The minimum Gasteiger partial charge on any atom is -0.493 e. The minimum atomic E-state index is -0.372. The van der Waals surface area contributed by atoms with Gasteiger partial charge in [-0.25, -0.2) is 0 Å². The molecule has 0 N–H and O–H groups in total. The Bertz CT molecular complexity index is 647. The number of nitrogens with zero attached hydrogens (tertiary/aromatic N) is 2. The lowest BCUT2D eigenvalue weighted by Crippen LogP contribution is -2.53. The van der Waals surface area contributed by atoms with Gasteiger partial charge >= 0.3 is 0 Å². The normalized spacial score (nSPS) is 15.1. The van der Waals surface area contributed by atoms with Crippen LogP contribution in [-0.4, -0.2) is 54.4 Å². The summed E-state index contributed by atoms with van der Waals surface area (Å²) in [5.41, 5.74) is 0.618. The highest BCUT2D eigenvalue weighted by Crippen LogP contribution is 2.22. The van der Waals surface area contributed by atoms with Crippen molar-refractivity contribution in [1.82, 2.24) is 9.80 Å². The molecule has 0 atom stereocenters. The minimum absolute atomic E-state index is 0.129. The Kier molecular flexibility index (Phi) is 6.93. The molecule has 0 aromatic heterocycles. The van der Waals surface area contributed by atoms with Gasteiger partial charge in [-0.2, -0.15) is 0 Å². The summed E-state index contributed by atoms with van der Waals surface area (Å²) in [6.07, 6.45) is 1.13. The Labute approximate surface area is 161 Å². The molecule has 1 saturated heterocycles. The highest BCUT2D eigenvalue weighted by atomic mass is 35.5. The van der Waals surface area contributed by atoms with Crippen molar-refractivity contribution in [3.63, 3.8) is 0 Å². The van der Waals surface area contributed by atoms with Crippen LogP contribution in [0.25, 0.3) is 0 Å².